The molecule has 2 atom stereocenters. The molecule has 0 bridgehead atoms. The van der Waals surface area contributed by atoms with Gasteiger partial charge in [0.1, 0.15) is 5.60 Å². The maximum atomic E-state index is 12.8. The van der Waals surface area contributed by atoms with Crippen LogP contribution in [0.3, 0.4) is 0 Å². The zero-order valence-corrected chi connectivity index (χ0v) is 30.0. The van der Waals surface area contributed by atoms with Crippen molar-refractivity contribution in [3.8, 4) is 22.9 Å². The predicted molar refractivity (Wildman–Crippen MR) is 188 cm³/mol. The standard InChI is InChI=1S/C36H44Cl2N6O5/c1-36(2,3)49-35(46)44-12-7-25-22-43(11-8-31(25)44)34-39-19-29(20-40-34)48-32-14-24(13-30(41-32)26-16-27(37)18-28(38)17-26)21-42-9-5-23(6-10-42)15-33(45)47-4/h13-14,16-20,23,25,31H,5-12,15,21-22H2,1-4H3/t25-,31-/m0/s1. The van der Waals surface area contributed by atoms with Crippen molar-refractivity contribution in [1.29, 1.82) is 0 Å². The number of rotatable bonds is 8. The van der Waals surface area contributed by atoms with Crippen LogP contribution >= 0.6 is 23.2 Å². The first-order chi connectivity index (χ1) is 23.4. The number of esters is 1. The topological polar surface area (TPSA) is 110 Å². The molecule has 3 fully saturated rings. The molecule has 0 spiro atoms. The highest BCUT2D eigenvalue weighted by molar-refractivity contribution is 6.35. The van der Waals surface area contributed by atoms with Gasteiger partial charge in [0.15, 0.2) is 5.75 Å². The fourth-order valence-corrected chi connectivity index (χ4v) is 7.56. The highest BCUT2D eigenvalue weighted by atomic mass is 35.5. The molecule has 11 nitrogen and oxygen atoms in total. The summed E-state index contributed by atoms with van der Waals surface area (Å²) in [7, 11) is 1.44. The van der Waals surface area contributed by atoms with Crippen molar-refractivity contribution in [3.63, 3.8) is 0 Å². The van der Waals surface area contributed by atoms with E-state index in [1.54, 1.807) is 18.5 Å². The van der Waals surface area contributed by atoms with Gasteiger partial charge in [0.05, 0.1) is 25.2 Å². The summed E-state index contributed by atoms with van der Waals surface area (Å²) < 4.78 is 16.8. The van der Waals surface area contributed by atoms with E-state index in [2.05, 4.69) is 19.8 Å². The van der Waals surface area contributed by atoms with E-state index < -0.39 is 5.60 Å². The molecule has 0 N–H and O–H groups in total. The molecule has 1 aromatic carbocycles. The molecule has 0 saturated carbocycles. The Kier molecular flexibility index (Phi) is 10.8. The van der Waals surface area contributed by atoms with Gasteiger partial charge >= 0.3 is 12.1 Å². The van der Waals surface area contributed by atoms with E-state index in [1.165, 1.54) is 7.11 Å². The molecule has 49 heavy (non-hydrogen) atoms. The van der Waals surface area contributed by atoms with Gasteiger partial charge in [-0.3, -0.25) is 9.69 Å². The molecule has 5 heterocycles. The number of pyridine rings is 1. The van der Waals surface area contributed by atoms with E-state index >= 15 is 0 Å². The van der Waals surface area contributed by atoms with Crippen molar-refractivity contribution in [3.05, 3.63) is 58.3 Å². The second kappa shape index (κ2) is 15.1. The van der Waals surface area contributed by atoms with Crippen LogP contribution in [0.15, 0.2) is 42.7 Å². The second-order valence-corrected chi connectivity index (χ2v) is 15.1. The minimum Gasteiger partial charge on any atom is -0.469 e. The summed E-state index contributed by atoms with van der Waals surface area (Å²) in [6.07, 6.45) is 7.21. The first-order valence-electron chi connectivity index (χ1n) is 16.9. The number of carbonyl (C=O) groups excluding carboxylic acids is 2. The first kappa shape index (κ1) is 35.2. The van der Waals surface area contributed by atoms with Crippen molar-refractivity contribution in [2.45, 2.75) is 71.1 Å². The number of piperidine rings is 2. The van der Waals surface area contributed by atoms with Crippen molar-refractivity contribution >= 4 is 41.2 Å². The molecule has 6 rings (SSSR count). The molecule has 3 aliphatic rings. The van der Waals surface area contributed by atoms with Gasteiger partial charge in [0.25, 0.3) is 0 Å². The number of fused-ring (bicyclic) bond motifs is 1. The third kappa shape index (κ3) is 9.12. The van der Waals surface area contributed by atoms with Crippen molar-refractivity contribution in [1.82, 2.24) is 24.8 Å². The Hall–Kier alpha value is -3.67. The van der Waals surface area contributed by atoms with Crippen LogP contribution in [-0.4, -0.2) is 88.3 Å². The van der Waals surface area contributed by atoms with Crippen LogP contribution in [0.4, 0.5) is 10.7 Å². The molecule has 262 valence electrons. The zero-order valence-electron chi connectivity index (χ0n) is 28.5. The Morgan fingerprint density at radius 2 is 1.63 bits per heavy atom. The Balaban J connectivity index is 1.13. The summed E-state index contributed by atoms with van der Waals surface area (Å²) >= 11 is 12.7. The summed E-state index contributed by atoms with van der Waals surface area (Å²) in [5.74, 6) is 2.04. The summed E-state index contributed by atoms with van der Waals surface area (Å²) in [6, 6.07) is 9.50. The van der Waals surface area contributed by atoms with E-state index in [9.17, 15) is 9.59 Å². The number of ether oxygens (including phenoxy) is 3. The van der Waals surface area contributed by atoms with E-state index in [0.29, 0.717) is 64.7 Å². The molecule has 0 radical (unpaired) electrons. The Morgan fingerprint density at radius 1 is 0.918 bits per heavy atom. The number of amides is 1. The van der Waals surface area contributed by atoms with Crippen LogP contribution in [-0.2, 0) is 20.8 Å². The molecular formula is C36H44Cl2N6O5. The van der Waals surface area contributed by atoms with Crippen LogP contribution < -0.4 is 9.64 Å². The Bertz CT molecular complexity index is 1620. The van der Waals surface area contributed by atoms with Crippen molar-refractivity contribution in [2.24, 2.45) is 11.8 Å². The number of benzene rings is 1. The van der Waals surface area contributed by atoms with Gasteiger partial charge in [0.2, 0.25) is 11.8 Å². The lowest BCUT2D eigenvalue weighted by Crippen LogP contribution is -2.49. The van der Waals surface area contributed by atoms with E-state index in [4.69, 9.17) is 42.4 Å². The number of anilines is 1. The summed E-state index contributed by atoms with van der Waals surface area (Å²) in [5, 5.41) is 1.04. The molecule has 1 amide bonds. The number of aromatic nitrogens is 3. The first-order valence-corrected chi connectivity index (χ1v) is 17.7. The highest BCUT2D eigenvalue weighted by Gasteiger charge is 2.42. The van der Waals surface area contributed by atoms with Crippen LogP contribution in [0.2, 0.25) is 10.0 Å². The molecule has 3 aliphatic heterocycles. The van der Waals surface area contributed by atoms with Gasteiger partial charge in [-0.2, -0.15) is 0 Å². The average Bonchev–Trinajstić information content (AvgIpc) is 3.48. The molecule has 2 aromatic heterocycles. The smallest absolute Gasteiger partial charge is 0.410 e. The number of hydrogen-bond acceptors (Lipinski definition) is 10. The van der Waals surface area contributed by atoms with Gasteiger partial charge < -0.3 is 24.0 Å². The van der Waals surface area contributed by atoms with Crippen LogP contribution in [0, 0.1) is 11.8 Å². The molecule has 13 heteroatoms. The lowest BCUT2D eigenvalue weighted by atomic mass is 9.93. The number of methoxy groups -OCH3 is 1. The normalized spacial score (nSPS) is 20.2. The number of halogens is 2. The molecule has 0 unspecified atom stereocenters. The molecule has 0 aliphatic carbocycles. The fourth-order valence-electron chi connectivity index (χ4n) is 7.04. The Labute approximate surface area is 297 Å². The second-order valence-electron chi connectivity index (χ2n) is 14.2. The van der Waals surface area contributed by atoms with Crippen molar-refractivity contribution < 1.29 is 23.8 Å². The monoisotopic (exact) mass is 710 g/mol. The average molecular weight is 712 g/mol. The molecule has 3 aromatic rings. The summed E-state index contributed by atoms with van der Waals surface area (Å²) in [4.78, 5) is 45.1. The van der Waals surface area contributed by atoms with Crippen LogP contribution in [0.1, 0.15) is 58.4 Å². The van der Waals surface area contributed by atoms with Gasteiger partial charge in [0, 0.05) is 60.3 Å². The number of nitrogens with zero attached hydrogens (tertiary/aromatic N) is 6. The highest BCUT2D eigenvalue weighted by Crippen LogP contribution is 2.35. The molecule has 3 saturated heterocycles. The largest absolute Gasteiger partial charge is 0.469 e. The SMILES string of the molecule is COC(=O)CC1CCN(Cc2cc(Oc3cnc(N4CC[C@H]5[C@@H](CCN5C(=O)OC(C)(C)C)C4)nc3)nc(-c3cc(Cl)cc(Cl)c3)c2)CC1. The maximum absolute atomic E-state index is 12.8. The van der Waals surface area contributed by atoms with E-state index in [0.717, 1.165) is 63.0 Å². The van der Waals surface area contributed by atoms with Crippen LogP contribution in [0.5, 0.6) is 11.6 Å². The molecular weight excluding hydrogens is 667 g/mol. The third-order valence-corrected chi connectivity index (χ3v) is 9.84. The van der Waals surface area contributed by atoms with E-state index in [-0.39, 0.29) is 18.1 Å². The van der Waals surface area contributed by atoms with Gasteiger partial charge in [-0.05, 0) is 101 Å². The van der Waals surface area contributed by atoms with Gasteiger partial charge in [-0.1, -0.05) is 23.2 Å². The lowest BCUT2D eigenvalue weighted by Gasteiger charge is -2.38. The third-order valence-electron chi connectivity index (χ3n) is 9.40. The number of likely N-dealkylation sites (tertiary alicyclic amines) is 2. The lowest BCUT2D eigenvalue weighted by molar-refractivity contribution is -0.142. The van der Waals surface area contributed by atoms with Crippen molar-refractivity contribution in [2.75, 3.05) is 44.7 Å². The van der Waals surface area contributed by atoms with Gasteiger partial charge in [-0.25, -0.2) is 19.7 Å². The minimum absolute atomic E-state index is 0.152. The maximum Gasteiger partial charge on any atom is 0.410 e. The van der Waals surface area contributed by atoms with Crippen LogP contribution in [0.25, 0.3) is 11.3 Å². The number of carbonyl (C=O) groups is 2. The zero-order chi connectivity index (χ0) is 34.7. The Morgan fingerprint density at radius 3 is 2.31 bits per heavy atom. The minimum atomic E-state index is -0.514. The van der Waals surface area contributed by atoms with Gasteiger partial charge in [-0.15, -0.1) is 0 Å². The quantitative estimate of drug-likeness (QED) is 0.222. The summed E-state index contributed by atoms with van der Waals surface area (Å²) in [5.41, 5.74) is 1.99. The fraction of sp³-hybridized carbons (Fsp3) is 0.528. The summed E-state index contributed by atoms with van der Waals surface area (Å²) in [6.45, 7) is 10.4. The van der Waals surface area contributed by atoms with E-state index in [1.807, 2.05) is 49.9 Å². The number of hydrogen-bond donors (Lipinski definition) is 0. The predicted octanol–water partition coefficient (Wildman–Crippen LogP) is 7.25.